The van der Waals surface area contributed by atoms with Crippen LogP contribution < -0.4 is 0 Å². The largest absolute Gasteiger partial charge is 0.400 e. The molecule has 4 nitrogen and oxygen atoms in total. The highest BCUT2D eigenvalue weighted by Crippen LogP contribution is 1.30. The molecule has 0 aliphatic carbocycles. The van der Waals surface area contributed by atoms with Gasteiger partial charge in [0, 0.05) is 27.9 Å². The number of hydrogen-bond acceptors (Lipinski definition) is 4. The van der Waals surface area contributed by atoms with Gasteiger partial charge in [-0.15, -0.1) is 0 Å². The summed E-state index contributed by atoms with van der Waals surface area (Å²) in [6.45, 7) is 1.93. The molecule has 0 rings (SSSR count). The van der Waals surface area contributed by atoms with Crippen LogP contribution in [0, 0.1) is 0 Å². The van der Waals surface area contributed by atoms with Crippen molar-refractivity contribution in [2.24, 2.45) is 0 Å². The maximum absolute atomic E-state index is 7.57. The molecule has 0 aromatic heterocycles. The van der Waals surface area contributed by atoms with Crippen LogP contribution >= 0.6 is 0 Å². The molecule has 9 heavy (non-hydrogen) atoms. The van der Waals surface area contributed by atoms with E-state index in [1.54, 1.807) is 6.92 Å². The molecule has 0 saturated carbocycles. The zero-order chi connectivity index (χ0) is 8.71. The van der Waals surface area contributed by atoms with Crippen molar-refractivity contribution in [1.29, 1.82) is 0 Å². The van der Waals surface area contributed by atoms with E-state index in [2.05, 4.69) is 0 Å². The zero-order valence-electron chi connectivity index (χ0n) is 6.50. The normalized spacial score (nSPS) is 4.00. The molecule has 62 valence electrons. The van der Waals surface area contributed by atoms with Gasteiger partial charge in [0.2, 0.25) is 0 Å². The Morgan fingerprint density at radius 1 is 0.778 bits per heavy atom. The quantitative estimate of drug-likeness (QED) is 0.343. The second-order valence-electron chi connectivity index (χ2n) is 0.316. The molecular weight excluding hydrogens is 124 g/mol. The van der Waals surface area contributed by atoms with Gasteiger partial charge >= 0.3 is 0 Å². The molecule has 0 aromatic rings. The summed E-state index contributed by atoms with van der Waals surface area (Å²) < 4.78 is 0. The number of hydrogen-bond donors (Lipinski definition) is 4. The fourth-order valence-electron chi connectivity index (χ4n) is 0. The minimum atomic E-state index is 0.250. The Labute approximate surface area is 56.4 Å². The minimum Gasteiger partial charge on any atom is -0.400 e. The fraction of sp³-hybridized carbons (Fsp3) is 1.00. The SMILES string of the molecule is CCO.CO.CO.CO. The summed E-state index contributed by atoms with van der Waals surface area (Å²) in [6.07, 6.45) is 0. The summed E-state index contributed by atoms with van der Waals surface area (Å²) in [5.74, 6) is 0. The molecule has 0 aromatic carbocycles. The van der Waals surface area contributed by atoms with Gasteiger partial charge in [0.15, 0.2) is 0 Å². The number of rotatable bonds is 0. The number of aliphatic hydroxyl groups excluding tert-OH is 4. The van der Waals surface area contributed by atoms with Crippen LogP contribution in [0.1, 0.15) is 6.92 Å². The van der Waals surface area contributed by atoms with Crippen LogP contribution in [0.2, 0.25) is 0 Å². The Morgan fingerprint density at radius 3 is 0.778 bits per heavy atom. The third-order valence-electron chi connectivity index (χ3n) is 0. The van der Waals surface area contributed by atoms with Gasteiger partial charge in [-0.05, 0) is 6.92 Å². The van der Waals surface area contributed by atoms with Crippen molar-refractivity contribution < 1.29 is 20.4 Å². The van der Waals surface area contributed by atoms with E-state index in [1.807, 2.05) is 0 Å². The van der Waals surface area contributed by atoms with Crippen molar-refractivity contribution in [1.82, 2.24) is 0 Å². The molecule has 0 amide bonds. The van der Waals surface area contributed by atoms with Crippen LogP contribution in [0.15, 0.2) is 0 Å². The molecule has 0 spiro atoms. The Bertz CT molecular complexity index is 8.92. The second-order valence-corrected chi connectivity index (χ2v) is 0.316. The molecule has 0 saturated heterocycles. The topological polar surface area (TPSA) is 80.9 Å². The molecule has 0 aliphatic rings. The molecule has 0 heterocycles. The van der Waals surface area contributed by atoms with E-state index in [9.17, 15) is 0 Å². The first-order chi connectivity index (χ1) is 4.41. The smallest absolute Gasteiger partial charge is 0.0402 e. The standard InChI is InChI=1S/C2H6O.3CH4O/c1-2-3;3*1-2/h3H,2H2,1H3;3*2H,1H3. The van der Waals surface area contributed by atoms with E-state index in [4.69, 9.17) is 20.4 Å². The van der Waals surface area contributed by atoms with Gasteiger partial charge in [0.1, 0.15) is 0 Å². The average molecular weight is 142 g/mol. The predicted molar refractivity (Wildman–Crippen MR) is 37.2 cm³/mol. The monoisotopic (exact) mass is 142 g/mol. The molecule has 0 bridgehead atoms. The van der Waals surface area contributed by atoms with Gasteiger partial charge in [-0.3, -0.25) is 0 Å². The number of aliphatic hydroxyl groups is 4. The molecule has 4 heteroatoms. The molecule has 0 fully saturated rings. The van der Waals surface area contributed by atoms with Crippen LogP contribution in [0.4, 0.5) is 0 Å². The van der Waals surface area contributed by atoms with E-state index in [0.717, 1.165) is 21.3 Å². The summed E-state index contributed by atoms with van der Waals surface area (Å²) in [5.41, 5.74) is 0. The Balaban J connectivity index is -0.0000000190. The minimum absolute atomic E-state index is 0.250. The van der Waals surface area contributed by atoms with E-state index < -0.39 is 0 Å². The Kier molecular flexibility index (Phi) is 1340. The second kappa shape index (κ2) is 520. The van der Waals surface area contributed by atoms with Crippen LogP contribution in [-0.4, -0.2) is 48.4 Å². The first kappa shape index (κ1) is 23.2. The van der Waals surface area contributed by atoms with Crippen LogP contribution in [-0.2, 0) is 0 Å². The van der Waals surface area contributed by atoms with Gasteiger partial charge in [0.05, 0.1) is 0 Å². The van der Waals surface area contributed by atoms with Crippen molar-refractivity contribution in [3.05, 3.63) is 0 Å². The first-order valence-corrected chi connectivity index (χ1v) is 2.36. The Hall–Kier alpha value is -0.160. The lowest BCUT2D eigenvalue weighted by Gasteiger charge is -1.52. The van der Waals surface area contributed by atoms with E-state index in [-0.39, 0.29) is 6.61 Å². The van der Waals surface area contributed by atoms with Gasteiger partial charge in [-0.2, -0.15) is 0 Å². The molecule has 0 aliphatic heterocycles. The van der Waals surface area contributed by atoms with Crippen molar-refractivity contribution in [3.8, 4) is 0 Å². The maximum atomic E-state index is 7.57. The van der Waals surface area contributed by atoms with Crippen molar-refractivity contribution in [2.45, 2.75) is 6.92 Å². The van der Waals surface area contributed by atoms with Gasteiger partial charge in [-0.25, -0.2) is 0 Å². The van der Waals surface area contributed by atoms with E-state index in [1.165, 1.54) is 0 Å². The van der Waals surface area contributed by atoms with Crippen LogP contribution in [0.25, 0.3) is 0 Å². The maximum Gasteiger partial charge on any atom is 0.0402 e. The summed E-state index contributed by atoms with van der Waals surface area (Å²) in [6, 6.07) is 0. The molecule has 4 N–H and O–H groups in total. The van der Waals surface area contributed by atoms with Crippen LogP contribution in [0.3, 0.4) is 0 Å². The summed E-state index contributed by atoms with van der Waals surface area (Å²) in [4.78, 5) is 0. The Morgan fingerprint density at radius 2 is 0.778 bits per heavy atom. The van der Waals surface area contributed by atoms with Crippen molar-refractivity contribution in [2.75, 3.05) is 27.9 Å². The third-order valence-corrected chi connectivity index (χ3v) is 0. The molecule has 0 radical (unpaired) electrons. The average Bonchev–Trinajstić information content (AvgIpc) is 2.01. The van der Waals surface area contributed by atoms with Gasteiger partial charge in [-0.1, -0.05) is 0 Å². The zero-order valence-corrected chi connectivity index (χ0v) is 6.50. The van der Waals surface area contributed by atoms with Gasteiger partial charge < -0.3 is 20.4 Å². The molecular formula is C5H18O4. The highest BCUT2D eigenvalue weighted by molar-refractivity contribution is 3.84. The highest BCUT2D eigenvalue weighted by Gasteiger charge is 1.34. The lowest BCUT2D eigenvalue weighted by atomic mass is 10.9. The molecule has 0 atom stereocenters. The van der Waals surface area contributed by atoms with E-state index >= 15 is 0 Å². The predicted octanol–water partition coefficient (Wildman–Crippen LogP) is -1.18. The highest BCUT2D eigenvalue weighted by atomic mass is 16.2. The van der Waals surface area contributed by atoms with Crippen molar-refractivity contribution >= 4 is 0 Å². The van der Waals surface area contributed by atoms with Gasteiger partial charge in [0.25, 0.3) is 0 Å². The summed E-state index contributed by atoms with van der Waals surface area (Å²) >= 11 is 0. The summed E-state index contributed by atoms with van der Waals surface area (Å²) in [7, 11) is 3.00. The van der Waals surface area contributed by atoms with Crippen LogP contribution in [0.5, 0.6) is 0 Å². The third kappa shape index (κ3) is 10400. The lowest BCUT2D eigenvalue weighted by Crippen LogP contribution is -1.57. The first-order valence-electron chi connectivity index (χ1n) is 2.36. The summed E-state index contributed by atoms with van der Waals surface area (Å²) in [5, 5.41) is 28.6. The van der Waals surface area contributed by atoms with E-state index in [0.29, 0.717) is 0 Å². The van der Waals surface area contributed by atoms with Crippen molar-refractivity contribution in [3.63, 3.8) is 0 Å². The molecule has 0 unspecified atom stereocenters. The lowest BCUT2D eigenvalue weighted by molar-refractivity contribution is 0.318. The fourth-order valence-corrected chi connectivity index (χ4v) is 0.